The molecule has 120 valence electrons. The van der Waals surface area contributed by atoms with Crippen LogP contribution in [0.5, 0.6) is 0 Å². The number of rotatable bonds is 4. The molecule has 0 aliphatic rings. The minimum Gasteiger partial charge on any atom is -0.302 e. The number of hydrogen-bond acceptors (Lipinski definition) is 4. The molecule has 3 aromatic rings. The van der Waals surface area contributed by atoms with Crippen molar-refractivity contribution in [2.24, 2.45) is 0 Å². The summed E-state index contributed by atoms with van der Waals surface area (Å²) >= 11 is 1.50. The summed E-state index contributed by atoms with van der Waals surface area (Å²) in [7, 11) is 0. The van der Waals surface area contributed by atoms with Crippen LogP contribution < -0.4 is 5.32 Å². The Morgan fingerprint density at radius 1 is 1.25 bits per heavy atom. The van der Waals surface area contributed by atoms with Crippen LogP contribution in [0.4, 0.5) is 5.13 Å². The van der Waals surface area contributed by atoms with Crippen LogP contribution in [0.1, 0.15) is 28.7 Å². The lowest BCUT2D eigenvalue weighted by Gasteiger charge is -2.02. The van der Waals surface area contributed by atoms with E-state index < -0.39 is 0 Å². The minimum atomic E-state index is -0.0483. The number of fused-ring (bicyclic) bond motifs is 1. The quantitative estimate of drug-likeness (QED) is 0.770. The highest BCUT2D eigenvalue weighted by Gasteiger charge is 2.10. The topological polar surface area (TPSA) is 65.8 Å². The van der Waals surface area contributed by atoms with Crippen LogP contribution in [0.25, 0.3) is 10.2 Å². The molecule has 0 unspecified atom stereocenters. The zero-order valence-corrected chi connectivity index (χ0v) is 14.4. The third kappa shape index (κ3) is 3.61. The van der Waals surface area contributed by atoms with Crippen molar-refractivity contribution in [3.63, 3.8) is 0 Å². The van der Waals surface area contributed by atoms with Gasteiger partial charge in [-0.3, -0.25) is 4.79 Å². The summed E-state index contributed by atoms with van der Waals surface area (Å²) in [5.41, 5.74) is 4.94. The van der Waals surface area contributed by atoms with E-state index in [1.165, 1.54) is 16.9 Å². The number of nitrogens with one attached hydrogen (secondary N) is 1. The fourth-order valence-electron chi connectivity index (χ4n) is 2.61. The van der Waals surface area contributed by atoms with Crippen molar-refractivity contribution in [2.45, 2.75) is 26.7 Å². The predicted octanol–water partition coefficient (Wildman–Crippen LogP) is 4.36. The first-order valence-electron chi connectivity index (χ1n) is 7.72. The molecule has 0 atom stereocenters. The molecule has 1 N–H and O–H groups in total. The molecule has 0 aliphatic heterocycles. The molecule has 1 amide bonds. The molecule has 3 rings (SSSR count). The first-order valence-corrected chi connectivity index (χ1v) is 8.53. The molecule has 1 aromatic heterocycles. The van der Waals surface area contributed by atoms with E-state index in [1.807, 2.05) is 19.1 Å². The summed E-state index contributed by atoms with van der Waals surface area (Å²) in [6, 6.07) is 13.6. The first kappa shape index (κ1) is 16.2. The van der Waals surface area contributed by atoms with Gasteiger partial charge in [-0.1, -0.05) is 29.5 Å². The summed E-state index contributed by atoms with van der Waals surface area (Å²) in [6.07, 6.45) is 1.03. The van der Waals surface area contributed by atoms with E-state index in [9.17, 15) is 4.79 Å². The second-order valence-corrected chi connectivity index (χ2v) is 6.84. The smallest absolute Gasteiger partial charge is 0.226 e. The van der Waals surface area contributed by atoms with Crippen LogP contribution in [0, 0.1) is 25.2 Å². The number of nitriles is 1. The van der Waals surface area contributed by atoms with Gasteiger partial charge in [-0.05, 0) is 55.2 Å². The number of aryl methyl sites for hydroxylation is 3. The molecule has 4 nitrogen and oxygen atoms in total. The molecular weight excluding hydrogens is 318 g/mol. The maximum atomic E-state index is 12.1. The Morgan fingerprint density at radius 3 is 2.71 bits per heavy atom. The van der Waals surface area contributed by atoms with E-state index >= 15 is 0 Å². The highest BCUT2D eigenvalue weighted by molar-refractivity contribution is 7.22. The Morgan fingerprint density at radius 2 is 2.00 bits per heavy atom. The van der Waals surface area contributed by atoms with Gasteiger partial charge in [0, 0.05) is 6.42 Å². The lowest BCUT2D eigenvalue weighted by Crippen LogP contribution is -2.12. The molecule has 0 bridgehead atoms. The maximum Gasteiger partial charge on any atom is 0.226 e. The number of benzene rings is 2. The third-order valence-electron chi connectivity index (χ3n) is 3.80. The fourth-order valence-corrected chi connectivity index (χ4v) is 3.67. The Balaban J connectivity index is 1.64. The van der Waals surface area contributed by atoms with E-state index in [0.717, 1.165) is 21.3 Å². The molecule has 0 fully saturated rings. The van der Waals surface area contributed by atoms with E-state index in [1.54, 1.807) is 12.1 Å². The number of anilines is 1. The van der Waals surface area contributed by atoms with Gasteiger partial charge in [0.15, 0.2) is 5.13 Å². The normalized spacial score (nSPS) is 10.5. The zero-order chi connectivity index (χ0) is 17.1. The van der Waals surface area contributed by atoms with Crippen LogP contribution in [-0.2, 0) is 11.2 Å². The van der Waals surface area contributed by atoms with Crippen molar-refractivity contribution >= 4 is 32.6 Å². The van der Waals surface area contributed by atoms with Crippen molar-refractivity contribution in [3.05, 3.63) is 58.7 Å². The third-order valence-corrected chi connectivity index (χ3v) is 4.72. The lowest BCUT2D eigenvalue weighted by molar-refractivity contribution is -0.116. The van der Waals surface area contributed by atoms with Gasteiger partial charge in [0.2, 0.25) is 5.91 Å². The molecule has 1 heterocycles. The van der Waals surface area contributed by atoms with Gasteiger partial charge < -0.3 is 5.32 Å². The Kier molecular flexibility index (Phi) is 4.59. The standard InChI is InChI=1S/C19H17N3OS/c1-12-9-13(2)18-16(10-12)24-19(22-18)21-17(23)8-7-14-3-5-15(11-20)6-4-14/h3-6,9-10H,7-8H2,1-2H3,(H,21,22,23). The average molecular weight is 335 g/mol. The molecule has 0 saturated heterocycles. The first-order chi connectivity index (χ1) is 11.5. The van der Waals surface area contributed by atoms with Gasteiger partial charge in [0.1, 0.15) is 0 Å². The molecular formula is C19H17N3OS. The molecule has 2 aromatic carbocycles. The van der Waals surface area contributed by atoms with Crippen molar-refractivity contribution in [2.75, 3.05) is 5.32 Å². The van der Waals surface area contributed by atoms with Crippen molar-refractivity contribution in [3.8, 4) is 6.07 Å². The van der Waals surface area contributed by atoms with Gasteiger partial charge in [-0.2, -0.15) is 5.26 Å². The van der Waals surface area contributed by atoms with Crippen LogP contribution in [0.2, 0.25) is 0 Å². The highest BCUT2D eigenvalue weighted by Crippen LogP contribution is 2.29. The number of nitrogens with zero attached hydrogens (tertiary/aromatic N) is 2. The molecule has 0 saturated carbocycles. The summed E-state index contributed by atoms with van der Waals surface area (Å²) < 4.78 is 1.09. The lowest BCUT2D eigenvalue weighted by atomic mass is 10.1. The molecule has 0 radical (unpaired) electrons. The monoisotopic (exact) mass is 335 g/mol. The molecule has 24 heavy (non-hydrogen) atoms. The van der Waals surface area contributed by atoms with Crippen molar-refractivity contribution < 1.29 is 4.79 Å². The van der Waals surface area contributed by atoms with Crippen molar-refractivity contribution in [1.29, 1.82) is 5.26 Å². The van der Waals surface area contributed by atoms with E-state index in [4.69, 9.17) is 5.26 Å². The van der Waals surface area contributed by atoms with Crippen LogP contribution in [0.15, 0.2) is 36.4 Å². The van der Waals surface area contributed by atoms with Crippen molar-refractivity contribution in [1.82, 2.24) is 4.98 Å². The summed E-state index contributed by atoms with van der Waals surface area (Å²) in [4.78, 5) is 16.7. The Hall–Kier alpha value is -2.71. The van der Waals surface area contributed by atoms with Gasteiger partial charge in [-0.15, -0.1) is 0 Å². The number of carbonyl (C=O) groups is 1. The summed E-state index contributed by atoms with van der Waals surface area (Å²) in [6.45, 7) is 4.09. The second kappa shape index (κ2) is 6.81. The number of aromatic nitrogens is 1. The highest BCUT2D eigenvalue weighted by atomic mass is 32.1. The SMILES string of the molecule is Cc1cc(C)c2nc(NC(=O)CCc3ccc(C#N)cc3)sc2c1. The number of amides is 1. The van der Waals surface area contributed by atoms with E-state index in [-0.39, 0.29) is 5.91 Å². The maximum absolute atomic E-state index is 12.1. The molecule has 5 heteroatoms. The van der Waals surface area contributed by atoms with Gasteiger partial charge in [0.05, 0.1) is 21.8 Å². The number of carbonyl (C=O) groups excluding carboxylic acids is 1. The fraction of sp³-hybridized carbons (Fsp3) is 0.211. The number of thiazole rings is 1. The predicted molar refractivity (Wildman–Crippen MR) is 97.2 cm³/mol. The van der Waals surface area contributed by atoms with Gasteiger partial charge in [-0.25, -0.2) is 4.98 Å². The summed E-state index contributed by atoms with van der Waals surface area (Å²) in [5, 5.41) is 12.3. The zero-order valence-electron chi connectivity index (χ0n) is 13.6. The second-order valence-electron chi connectivity index (χ2n) is 5.80. The Bertz CT molecular complexity index is 936. The van der Waals surface area contributed by atoms with E-state index in [0.29, 0.717) is 23.5 Å². The van der Waals surface area contributed by atoms with Gasteiger partial charge >= 0.3 is 0 Å². The largest absolute Gasteiger partial charge is 0.302 e. The minimum absolute atomic E-state index is 0.0483. The number of hydrogen-bond donors (Lipinski definition) is 1. The molecule has 0 spiro atoms. The summed E-state index contributed by atoms with van der Waals surface area (Å²) in [5.74, 6) is -0.0483. The van der Waals surface area contributed by atoms with E-state index in [2.05, 4.69) is 35.4 Å². The van der Waals surface area contributed by atoms with Crippen LogP contribution >= 0.6 is 11.3 Å². The van der Waals surface area contributed by atoms with Crippen LogP contribution in [0.3, 0.4) is 0 Å². The average Bonchev–Trinajstić information content (AvgIpc) is 2.96. The van der Waals surface area contributed by atoms with Gasteiger partial charge in [0.25, 0.3) is 0 Å². The Labute approximate surface area is 144 Å². The van der Waals surface area contributed by atoms with Crippen LogP contribution in [-0.4, -0.2) is 10.9 Å². The molecule has 0 aliphatic carbocycles.